The fourth-order valence-corrected chi connectivity index (χ4v) is 4.20. The molecule has 0 saturated carbocycles. The van der Waals surface area contributed by atoms with Gasteiger partial charge in [0.05, 0.1) is 11.8 Å². The lowest BCUT2D eigenvalue weighted by Gasteiger charge is -2.26. The molecule has 0 aliphatic rings. The van der Waals surface area contributed by atoms with Crippen molar-refractivity contribution < 1.29 is 8.42 Å². The highest BCUT2D eigenvalue weighted by Gasteiger charge is 2.26. The van der Waals surface area contributed by atoms with Crippen LogP contribution in [0.25, 0.3) is 0 Å². The van der Waals surface area contributed by atoms with Crippen molar-refractivity contribution in [1.29, 1.82) is 5.26 Å². The summed E-state index contributed by atoms with van der Waals surface area (Å²) in [4.78, 5) is 0. The van der Waals surface area contributed by atoms with E-state index in [1.54, 1.807) is 0 Å². The van der Waals surface area contributed by atoms with Crippen LogP contribution in [0, 0.1) is 11.3 Å². The fraction of sp³-hybridized carbons (Fsp3) is 0.533. The molecule has 0 N–H and O–H groups in total. The summed E-state index contributed by atoms with van der Waals surface area (Å²) in [5, 5.41) is 8.65. The molecule has 20 heavy (non-hydrogen) atoms. The molecule has 0 fully saturated rings. The average molecular weight is 294 g/mol. The SMILES string of the molecule is CC(CS(=O)(=O)N(CCC#N)C(C)C)c1ccccc1. The molecular weight excluding hydrogens is 272 g/mol. The number of sulfonamides is 1. The van der Waals surface area contributed by atoms with E-state index in [-0.39, 0.29) is 30.7 Å². The van der Waals surface area contributed by atoms with E-state index in [9.17, 15) is 8.42 Å². The van der Waals surface area contributed by atoms with Gasteiger partial charge in [-0.2, -0.15) is 9.57 Å². The first kappa shape index (κ1) is 16.7. The Labute approximate surface area is 122 Å². The van der Waals surface area contributed by atoms with Gasteiger partial charge in [0.25, 0.3) is 0 Å². The highest BCUT2D eigenvalue weighted by Crippen LogP contribution is 2.20. The molecule has 1 aromatic rings. The molecule has 0 saturated heterocycles. The number of nitrogens with zero attached hydrogens (tertiary/aromatic N) is 2. The van der Waals surface area contributed by atoms with Crippen LogP contribution >= 0.6 is 0 Å². The molecule has 0 amide bonds. The smallest absolute Gasteiger partial charge is 0.212 e. The van der Waals surface area contributed by atoms with Crippen molar-refractivity contribution >= 4 is 10.0 Å². The van der Waals surface area contributed by atoms with E-state index < -0.39 is 10.0 Å². The van der Waals surface area contributed by atoms with Crippen LogP contribution in [0.3, 0.4) is 0 Å². The summed E-state index contributed by atoms with van der Waals surface area (Å²) >= 11 is 0. The van der Waals surface area contributed by atoms with Gasteiger partial charge in [0.1, 0.15) is 0 Å². The van der Waals surface area contributed by atoms with Gasteiger partial charge < -0.3 is 0 Å². The molecule has 0 bridgehead atoms. The number of hydrogen-bond donors (Lipinski definition) is 0. The van der Waals surface area contributed by atoms with Crippen LogP contribution in [-0.2, 0) is 10.0 Å². The van der Waals surface area contributed by atoms with Crippen molar-refractivity contribution in [3.8, 4) is 6.07 Å². The summed E-state index contributed by atoms with van der Waals surface area (Å²) in [5.41, 5.74) is 1.01. The van der Waals surface area contributed by atoms with Crippen molar-refractivity contribution in [2.24, 2.45) is 0 Å². The first-order chi connectivity index (χ1) is 9.38. The molecule has 1 rings (SSSR count). The molecule has 110 valence electrons. The van der Waals surface area contributed by atoms with Crippen molar-refractivity contribution in [1.82, 2.24) is 4.31 Å². The highest BCUT2D eigenvalue weighted by molar-refractivity contribution is 7.89. The Hall–Kier alpha value is -1.38. The molecule has 0 aliphatic heterocycles. The molecule has 5 heteroatoms. The third-order valence-electron chi connectivity index (χ3n) is 3.21. The quantitative estimate of drug-likeness (QED) is 0.777. The summed E-state index contributed by atoms with van der Waals surface area (Å²) < 4.78 is 26.4. The van der Waals surface area contributed by atoms with Crippen LogP contribution < -0.4 is 0 Å². The molecule has 0 radical (unpaired) electrons. The predicted molar refractivity (Wildman–Crippen MR) is 80.7 cm³/mol. The normalized spacial score (nSPS) is 13.4. The van der Waals surface area contributed by atoms with E-state index in [0.717, 1.165) is 5.56 Å². The van der Waals surface area contributed by atoms with Crippen LogP contribution in [0.5, 0.6) is 0 Å². The summed E-state index contributed by atoms with van der Waals surface area (Å²) in [5.74, 6) is 0.00482. The minimum absolute atomic E-state index is 0.0652. The number of benzene rings is 1. The van der Waals surface area contributed by atoms with Gasteiger partial charge in [-0.05, 0) is 25.3 Å². The first-order valence-electron chi connectivity index (χ1n) is 6.80. The Morgan fingerprint density at radius 2 is 1.80 bits per heavy atom. The van der Waals surface area contributed by atoms with E-state index in [1.165, 1.54) is 4.31 Å². The Morgan fingerprint density at radius 1 is 1.20 bits per heavy atom. The minimum atomic E-state index is -3.36. The monoisotopic (exact) mass is 294 g/mol. The zero-order valence-electron chi connectivity index (χ0n) is 12.3. The second kappa shape index (κ2) is 7.41. The molecule has 1 unspecified atom stereocenters. The van der Waals surface area contributed by atoms with Crippen molar-refractivity contribution in [2.75, 3.05) is 12.3 Å². The lowest BCUT2D eigenvalue weighted by molar-refractivity contribution is 0.359. The number of hydrogen-bond acceptors (Lipinski definition) is 3. The molecule has 1 atom stereocenters. The molecule has 1 aromatic carbocycles. The first-order valence-corrected chi connectivity index (χ1v) is 8.40. The molecule has 4 nitrogen and oxygen atoms in total. The highest BCUT2D eigenvalue weighted by atomic mass is 32.2. The Morgan fingerprint density at radius 3 is 2.30 bits per heavy atom. The largest absolute Gasteiger partial charge is 0.214 e. The summed E-state index contributed by atoms with van der Waals surface area (Å²) in [6.07, 6.45) is 0.219. The number of rotatable bonds is 7. The van der Waals surface area contributed by atoms with Gasteiger partial charge in [0.15, 0.2) is 0 Å². The average Bonchev–Trinajstić information content (AvgIpc) is 2.39. The Bertz CT molecular complexity index is 547. The molecule has 0 aliphatic carbocycles. The van der Waals surface area contributed by atoms with Gasteiger partial charge >= 0.3 is 0 Å². The summed E-state index contributed by atoms with van der Waals surface area (Å²) in [6, 6.07) is 11.5. The van der Waals surface area contributed by atoms with E-state index in [2.05, 4.69) is 0 Å². The van der Waals surface area contributed by atoms with Gasteiger partial charge in [-0.3, -0.25) is 0 Å². The zero-order valence-corrected chi connectivity index (χ0v) is 13.1. The maximum Gasteiger partial charge on any atom is 0.214 e. The van der Waals surface area contributed by atoms with E-state index in [0.29, 0.717) is 0 Å². The van der Waals surface area contributed by atoms with E-state index in [4.69, 9.17) is 5.26 Å². The number of nitriles is 1. The van der Waals surface area contributed by atoms with Crippen LogP contribution in [0.2, 0.25) is 0 Å². The maximum atomic E-state index is 12.5. The molecule has 0 aromatic heterocycles. The van der Waals surface area contributed by atoms with E-state index >= 15 is 0 Å². The van der Waals surface area contributed by atoms with Crippen molar-refractivity contribution in [3.05, 3.63) is 35.9 Å². The standard InChI is InChI=1S/C15H22N2O2S/c1-13(2)17(11-7-10-16)20(18,19)12-14(3)15-8-5-4-6-9-15/h4-6,8-9,13-14H,7,11-12H2,1-3H3. The lowest BCUT2D eigenvalue weighted by atomic mass is 10.0. The predicted octanol–water partition coefficient (Wildman–Crippen LogP) is 2.74. The van der Waals surface area contributed by atoms with Gasteiger partial charge in [0, 0.05) is 19.0 Å². The topological polar surface area (TPSA) is 61.2 Å². The second-order valence-electron chi connectivity index (χ2n) is 5.20. The van der Waals surface area contributed by atoms with Gasteiger partial charge in [-0.25, -0.2) is 8.42 Å². The van der Waals surface area contributed by atoms with Crippen LogP contribution in [0.4, 0.5) is 0 Å². The van der Waals surface area contributed by atoms with Gasteiger partial charge in [-0.15, -0.1) is 0 Å². The fourth-order valence-electron chi connectivity index (χ4n) is 2.17. The van der Waals surface area contributed by atoms with Crippen LogP contribution in [-0.4, -0.2) is 31.1 Å². The van der Waals surface area contributed by atoms with Crippen LogP contribution in [0.1, 0.15) is 38.7 Å². The van der Waals surface area contributed by atoms with Crippen molar-refractivity contribution in [2.45, 2.75) is 39.2 Å². The Balaban J connectivity index is 2.84. The molecular formula is C15H22N2O2S. The van der Waals surface area contributed by atoms with Crippen molar-refractivity contribution in [3.63, 3.8) is 0 Å². The van der Waals surface area contributed by atoms with E-state index in [1.807, 2.05) is 57.2 Å². The summed E-state index contributed by atoms with van der Waals surface area (Å²) in [7, 11) is -3.36. The third kappa shape index (κ3) is 4.62. The van der Waals surface area contributed by atoms with Crippen LogP contribution in [0.15, 0.2) is 30.3 Å². The van der Waals surface area contributed by atoms with Gasteiger partial charge in [-0.1, -0.05) is 37.3 Å². The molecule has 0 heterocycles. The Kier molecular flexibility index (Phi) is 6.18. The maximum absolute atomic E-state index is 12.5. The molecule has 0 spiro atoms. The zero-order chi connectivity index (χ0) is 15.2. The summed E-state index contributed by atoms with van der Waals surface area (Å²) in [6.45, 7) is 5.85. The lowest BCUT2D eigenvalue weighted by Crippen LogP contribution is -2.40. The minimum Gasteiger partial charge on any atom is -0.212 e. The van der Waals surface area contributed by atoms with Gasteiger partial charge in [0.2, 0.25) is 10.0 Å². The second-order valence-corrected chi connectivity index (χ2v) is 7.17. The third-order valence-corrected chi connectivity index (χ3v) is 5.45.